The predicted octanol–water partition coefficient (Wildman–Crippen LogP) is -2.90. The van der Waals surface area contributed by atoms with Crippen LogP contribution in [0.2, 0.25) is 0 Å². The summed E-state index contributed by atoms with van der Waals surface area (Å²) in [5, 5.41) is 16.1. The number of oxime groups is 1. The molecule has 176 valence electrons. The Balaban J connectivity index is 2.19. The topological polar surface area (TPSA) is 263 Å². The van der Waals surface area contributed by atoms with Crippen molar-refractivity contribution in [3.05, 3.63) is 11.1 Å². The first-order valence-corrected chi connectivity index (χ1v) is 10.6. The second kappa shape index (κ2) is 10.2. The van der Waals surface area contributed by atoms with Crippen LogP contribution in [0.15, 0.2) is 10.5 Å². The Labute approximate surface area is 182 Å². The maximum Gasteiger partial charge on any atom is 0.404 e. The number of anilines is 1. The number of primary amides is 1. The summed E-state index contributed by atoms with van der Waals surface area (Å²) in [6, 6.07) is -2.65. The number of carboxylic acid groups (broad SMARTS) is 1. The standard InChI is InChI=1S/C13H16N6O11S2/c14-12-16-5(3-31-12)8(18-29-2-7(20)21)10(22)17-9-6(1-28-13(15)24)19(11(9)23)30-4-32(25,26)27/h3,6,9H,1-2,4H2,(H2,14,16)(H2,15,24)(H,17,22)(H,20,21)(H,25,26,27)/t6-,9+/m1/s1. The van der Waals surface area contributed by atoms with Crippen molar-refractivity contribution < 1.29 is 51.7 Å². The maximum atomic E-state index is 12.7. The van der Waals surface area contributed by atoms with Crippen LogP contribution >= 0.6 is 11.3 Å². The third-order valence-corrected chi connectivity index (χ3v) is 4.59. The number of nitrogens with two attached hydrogens (primary N) is 2. The maximum absolute atomic E-state index is 12.7. The van der Waals surface area contributed by atoms with Gasteiger partial charge in [-0.05, 0) is 0 Å². The summed E-state index contributed by atoms with van der Waals surface area (Å²) in [5.74, 6) is -4.70. The number of rotatable bonds is 11. The smallest absolute Gasteiger partial charge is 0.404 e. The van der Waals surface area contributed by atoms with Gasteiger partial charge in [-0.2, -0.15) is 8.42 Å². The highest BCUT2D eigenvalue weighted by atomic mass is 32.2. The van der Waals surface area contributed by atoms with Crippen molar-refractivity contribution in [3.8, 4) is 0 Å². The monoisotopic (exact) mass is 496 g/mol. The van der Waals surface area contributed by atoms with Gasteiger partial charge in [0.25, 0.3) is 21.9 Å². The molecule has 1 saturated heterocycles. The molecular formula is C13H16N6O11S2. The number of ether oxygens (including phenoxy) is 1. The number of aromatic nitrogens is 1. The third kappa shape index (κ3) is 6.73. The molecule has 2 atom stereocenters. The number of nitrogens with zero attached hydrogens (tertiary/aromatic N) is 3. The molecule has 19 heteroatoms. The lowest BCUT2D eigenvalue weighted by Gasteiger charge is -2.44. The molecule has 2 heterocycles. The molecule has 2 rings (SSSR count). The van der Waals surface area contributed by atoms with Gasteiger partial charge in [-0.1, -0.05) is 5.16 Å². The number of nitrogen functional groups attached to an aromatic ring is 1. The lowest BCUT2D eigenvalue weighted by Crippen LogP contribution is -2.72. The number of carboxylic acids is 1. The zero-order valence-corrected chi connectivity index (χ0v) is 17.4. The molecule has 0 saturated carbocycles. The van der Waals surface area contributed by atoms with Crippen molar-refractivity contribution in [3.63, 3.8) is 0 Å². The molecule has 0 radical (unpaired) electrons. The lowest BCUT2D eigenvalue weighted by molar-refractivity contribution is -0.232. The quantitative estimate of drug-likeness (QED) is 0.0891. The van der Waals surface area contributed by atoms with Crippen LogP contribution in [0.25, 0.3) is 0 Å². The van der Waals surface area contributed by atoms with Crippen molar-refractivity contribution in [1.82, 2.24) is 15.4 Å². The number of nitrogens with one attached hydrogen (secondary N) is 1. The third-order valence-electron chi connectivity index (χ3n) is 3.52. The summed E-state index contributed by atoms with van der Waals surface area (Å²) < 4.78 is 35.0. The van der Waals surface area contributed by atoms with Gasteiger partial charge in [-0.15, -0.1) is 11.3 Å². The number of amides is 3. The predicted molar refractivity (Wildman–Crippen MR) is 102 cm³/mol. The molecule has 3 amide bonds. The Morgan fingerprint density at radius 3 is 2.59 bits per heavy atom. The van der Waals surface area contributed by atoms with Gasteiger partial charge >= 0.3 is 12.1 Å². The van der Waals surface area contributed by atoms with Crippen LogP contribution in [0, 0.1) is 0 Å². The molecule has 0 unspecified atom stereocenters. The average molecular weight is 496 g/mol. The van der Waals surface area contributed by atoms with Crippen LogP contribution in [0.4, 0.5) is 9.93 Å². The molecule has 1 aliphatic heterocycles. The first-order valence-electron chi connectivity index (χ1n) is 8.16. The number of hydroxylamine groups is 2. The van der Waals surface area contributed by atoms with Crippen LogP contribution in [-0.4, -0.2) is 88.9 Å². The van der Waals surface area contributed by atoms with Crippen molar-refractivity contribution in [1.29, 1.82) is 0 Å². The second-order valence-electron chi connectivity index (χ2n) is 5.82. The van der Waals surface area contributed by atoms with Crippen LogP contribution in [0.5, 0.6) is 0 Å². The summed E-state index contributed by atoms with van der Waals surface area (Å²) in [7, 11) is -4.62. The van der Waals surface area contributed by atoms with E-state index in [9.17, 15) is 27.6 Å². The molecular weight excluding hydrogens is 480 g/mol. The summed E-state index contributed by atoms with van der Waals surface area (Å²) in [6.07, 6.45) is -1.23. The van der Waals surface area contributed by atoms with E-state index in [1.165, 1.54) is 5.38 Å². The van der Waals surface area contributed by atoms with Crippen LogP contribution in [0.1, 0.15) is 5.69 Å². The molecule has 0 aromatic carbocycles. The van der Waals surface area contributed by atoms with Gasteiger partial charge in [0.1, 0.15) is 24.4 Å². The Morgan fingerprint density at radius 1 is 1.38 bits per heavy atom. The largest absolute Gasteiger partial charge is 0.479 e. The number of carbonyl (C=O) groups excluding carboxylic acids is 3. The van der Waals surface area contributed by atoms with Gasteiger partial charge in [0.05, 0.1) is 0 Å². The number of hydrogen-bond donors (Lipinski definition) is 5. The number of aliphatic carboxylic acids is 1. The van der Waals surface area contributed by atoms with Crippen molar-refractivity contribution in [2.24, 2.45) is 10.9 Å². The fraction of sp³-hybridized carbons (Fsp3) is 0.385. The first-order chi connectivity index (χ1) is 14.9. The highest BCUT2D eigenvalue weighted by Crippen LogP contribution is 2.22. The van der Waals surface area contributed by atoms with E-state index in [4.69, 9.17) is 21.1 Å². The number of hydrogen-bond acceptors (Lipinski definition) is 13. The van der Waals surface area contributed by atoms with E-state index in [-0.39, 0.29) is 10.8 Å². The summed E-state index contributed by atoms with van der Waals surface area (Å²) in [5.41, 5.74) is 9.75. The number of thiazole rings is 1. The fourth-order valence-corrected chi connectivity index (χ4v) is 3.05. The van der Waals surface area contributed by atoms with E-state index in [1.54, 1.807) is 0 Å². The molecule has 1 aromatic rings. The van der Waals surface area contributed by atoms with Crippen LogP contribution in [0.3, 0.4) is 0 Å². The molecule has 32 heavy (non-hydrogen) atoms. The fourth-order valence-electron chi connectivity index (χ4n) is 2.25. The Hall–Kier alpha value is -3.55. The van der Waals surface area contributed by atoms with Crippen molar-refractivity contribution in [2.45, 2.75) is 12.1 Å². The molecule has 7 N–H and O–H groups in total. The zero-order chi connectivity index (χ0) is 24.1. The second-order valence-corrected chi connectivity index (χ2v) is 8.11. The van der Waals surface area contributed by atoms with Crippen molar-refractivity contribution in [2.75, 3.05) is 24.9 Å². The van der Waals surface area contributed by atoms with Gasteiger partial charge in [0.2, 0.25) is 12.5 Å². The summed E-state index contributed by atoms with van der Waals surface area (Å²) in [6.45, 7) is -1.49. The van der Waals surface area contributed by atoms with Crippen molar-refractivity contribution >= 4 is 56.2 Å². The minimum Gasteiger partial charge on any atom is -0.479 e. The molecule has 0 spiro atoms. The number of β-lactam (4-membered cyclic amide) rings is 1. The van der Waals surface area contributed by atoms with E-state index >= 15 is 0 Å². The SMILES string of the molecule is NC(=O)OC[C@@H]1[C@H](NC(=O)C(=NOCC(=O)O)c2csc(N)n2)C(=O)N1OCS(=O)(=O)O. The number of carbonyl (C=O) groups is 4. The normalized spacial score (nSPS) is 18.6. The van der Waals surface area contributed by atoms with Gasteiger partial charge in [-0.25, -0.2) is 19.6 Å². The first kappa shape index (κ1) is 24.7. The van der Waals surface area contributed by atoms with Gasteiger partial charge in [0.15, 0.2) is 10.8 Å². The van der Waals surface area contributed by atoms with E-state index in [0.29, 0.717) is 5.06 Å². The average Bonchev–Trinajstić information content (AvgIpc) is 3.10. The zero-order valence-electron chi connectivity index (χ0n) is 15.7. The Bertz CT molecular complexity index is 1040. The molecule has 1 fully saturated rings. The minimum absolute atomic E-state index is 0.0518. The van der Waals surface area contributed by atoms with E-state index in [0.717, 1.165) is 11.3 Å². The van der Waals surface area contributed by atoms with Crippen LogP contribution in [-0.2, 0) is 38.9 Å². The summed E-state index contributed by atoms with van der Waals surface area (Å²) >= 11 is 0.937. The molecule has 1 aromatic heterocycles. The Morgan fingerprint density at radius 2 is 2.06 bits per heavy atom. The minimum atomic E-state index is -4.62. The Kier molecular flexibility index (Phi) is 7.86. The molecule has 0 aliphatic carbocycles. The molecule has 1 aliphatic rings. The van der Waals surface area contributed by atoms with E-state index in [1.807, 2.05) is 0 Å². The highest BCUT2D eigenvalue weighted by Gasteiger charge is 2.51. The lowest BCUT2D eigenvalue weighted by atomic mass is 9.98. The highest BCUT2D eigenvalue weighted by molar-refractivity contribution is 7.85. The van der Waals surface area contributed by atoms with E-state index < -0.39 is 70.9 Å². The van der Waals surface area contributed by atoms with E-state index in [2.05, 4.69) is 29.9 Å². The molecule has 17 nitrogen and oxygen atoms in total. The van der Waals surface area contributed by atoms with Gasteiger partial charge in [0, 0.05) is 5.38 Å². The summed E-state index contributed by atoms with van der Waals surface area (Å²) in [4.78, 5) is 59.5. The molecule has 0 bridgehead atoms. The van der Waals surface area contributed by atoms with Gasteiger partial charge in [-0.3, -0.25) is 19.0 Å². The van der Waals surface area contributed by atoms with Gasteiger partial charge < -0.3 is 31.5 Å². The van der Waals surface area contributed by atoms with Crippen LogP contribution < -0.4 is 16.8 Å².